The molecule has 1 aliphatic rings. The number of aryl methyl sites for hydroxylation is 1. The highest BCUT2D eigenvalue weighted by Gasteiger charge is 2.36. The zero-order valence-corrected chi connectivity index (χ0v) is 15.6. The fourth-order valence-electron chi connectivity index (χ4n) is 3.11. The molecule has 28 heavy (non-hydrogen) atoms. The van der Waals surface area contributed by atoms with Gasteiger partial charge < -0.3 is 10.0 Å². The lowest BCUT2D eigenvalue weighted by molar-refractivity contribution is -0.141. The van der Waals surface area contributed by atoms with Gasteiger partial charge in [0.1, 0.15) is 5.82 Å². The van der Waals surface area contributed by atoms with Crippen LogP contribution in [-0.4, -0.2) is 35.2 Å². The van der Waals surface area contributed by atoms with Crippen molar-refractivity contribution in [2.75, 3.05) is 18.0 Å². The number of halogens is 5. The molecule has 1 amide bonds. The molecule has 1 aliphatic heterocycles. The quantitative estimate of drug-likeness (QED) is 0.770. The first-order valence-corrected chi connectivity index (χ1v) is 8.81. The van der Waals surface area contributed by atoms with E-state index in [0.717, 1.165) is 23.1 Å². The fourth-order valence-corrected chi connectivity index (χ4v) is 3.33. The molecule has 1 N–H and O–H groups in total. The predicted molar refractivity (Wildman–Crippen MR) is 96.4 cm³/mol. The Labute approximate surface area is 163 Å². The molecule has 1 heterocycles. The number of rotatable bonds is 3. The van der Waals surface area contributed by atoms with Gasteiger partial charge in [-0.25, -0.2) is 4.39 Å². The van der Waals surface area contributed by atoms with Gasteiger partial charge >= 0.3 is 6.18 Å². The van der Waals surface area contributed by atoms with Gasteiger partial charge in [-0.1, -0.05) is 23.7 Å². The van der Waals surface area contributed by atoms with Crippen molar-refractivity contribution in [2.24, 2.45) is 0 Å². The molecule has 4 nitrogen and oxygen atoms in total. The van der Waals surface area contributed by atoms with Gasteiger partial charge in [-0.15, -0.1) is 0 Å². The summed E-state index contributed by atoms with van der Waals surface area (Å²) in [4.78, 5) is 15.2. The number of amides is 1. The molecule has 3 rings (SSSR count). The lowest BCUT2D eigenvalue weighted by Gasteiger charge is -2.38. The average molecular weight is 417 g/mol. The van der Waals surface area contributed by atoms with Crippen molar-refractivity contribution in [1.29, 1.82) is 0 Å². The Morgan fingerprint density at radius 3 is 2.54 bits per heavy atom. The maximum atomic E-state index is 13.2. The third kappa shape index (κ3) is 4.14. The van der Waals surface area contributed by atoms with E-state index in [0.29, 0.717) is 11.1 Å². The van der Waals surface area contributed by atoms with Crippen LogP contribution in [0.3, 0.4) is 0 Å². The van der Waals surface area contributed by atoms with Crippen LogP contribution in [0.4, 0.5) is 23.2 Å². The minimum atomic E-state index is -4.54. The van der Waals surface area contributed by atoms with Crippen LogP contribution in [0, 0.1) is 12.7 Å². The van der Waals surface area contributed by atoms with Crippen molar-refractivity contribution in [1.82, 2.24) is 4.90 Å². The number of carbonyl (C=O) groups is 1. The van der Waals surface area contributed by atoms with Crippen LogP contribution in [0.2, 0.25) is 5.02 Å². The van der Waals surface area contributed by atoms with Crippen LogP contribution in [0.25, 0.3) is 0 Å². The van der Waals surface area contributed by atoms with E-state index in [9.17, 15) is 27.5 Å². The SMILES string of the molecule is Cc1ccc(C(F)(F)F)cc1N1CCN(Cc2ccc(F)cc2Cl)C(O)C1=O. The Bertz CT molecular complexity index is 904. The Hall–Kier alpha value is -2.16. The first-order valence-electron chi connectivity index (χ1n) is 8.43. The minimum Gasteiger partial charge on any atom is -0.370 e. The smallest absolute Gasteiger partial charge is 0.370 e. The van der Waals surface area contributed by atoms with Crippen LogP contribution < -0.4 is 4.90 Å². The molecule has 0 aromatic heterocycles. The molecule has 0 bridgehead atoms. The Morgan fingerprint density at radius 1 is 1.18 bits per heavy atom. The zero-order valence-electron chi connectivity index (χ0n) is 14.8. The van der Waals surface area contributed by atoms with Crippen molar-refractivity contribution >= 4 is 23.2 Å². The average Bonchev–Trinajstić information content (AvgIpc) is 2.61. The summed E-state index contributed by atoms with van der Waals surface area (Å²) < 4.78 is 52.2. The van der Waals surface area contributed by atoms with Gasteiger partial charge in [0.25, 0.3) is 5.91 Å². The topological polar surface area (TPSA) is 43.8 Å². The summed E-state index contributed by atoms with van der Waals surface area (Å²) in [6.45, 7) is 1.99. The van der Waals surface area contributed by atoms with E-state index in [1.54, 1.807) is 6.92 Å². The number of anilines is 1. The minimum absolute atomic E-state index is 0.0941. The molecule has 0 aliphatic carbocycles. The summed E-state index contributed by atoms with van der Waals surface area (Å²) in [5.74, 6) is -1.23. The molecule has 1 atom stereocenters. The van der Waals surface area contributed by atoms with Crippen LogP contribution in [-0.2, 0) is 17.5 Å². The van der Waals surface area contributed by atoms with Crippen LogP contribution in [0.5, 0.6) is 0 Å². The van der Waals surface area contributed by atoms with Gasteiger partial charge in [0.15, 0.2) is 6.23 Å². The van der Waals surface area contributed by atoms with Gasteiger partial charge in [-0.05, 0) is 42.3 Å². The van der Waals surface area contributed by atoms with E-state index >= 15 is 0 Å². The monoisotopic (exact) mass is 416 g/mol. The molecule has 1 fully saturated rings. The second-order valence-corrected chi connectivity index (χ2v) is 6.98. The van der Waals surface area contributed by atoms with Crippen molar-refractivity contribution in [3.63, 3.8) is 0 Å². The molecule has 0 radical (unpaired) electrons. The van der Waals surface area contributed by atoms with Crippen LogP contribution in [0.1, 0.15) is 16.7 Å². The first-order chi connectivity index (χ1) is 13.1. The van der Waals surface area contributed by atoms with E-state index in [1.165, 1.54) is 23.1 Å². The molecule has 1 saturated heterocycles. The zero-order chi connectivity index (χ0) is 20.6. The fraction of sp³-hybridized carbons (Fsp3) is 0.316. The van der Waals surface area contributed by atoms with Crippen molar-refractivity contribution in [2.45, 2.75) is 25.9 Å². The largest absolute Gasteiger partial charge is 0.416 e. The van der Waals surface area contributed by atoms with Crippen molar-refractivity contribution in [3.05, 3.63) is 63.9 Å². The summed E-state index contributed by atoms with van der Waals surface area (Å²) >= 11 is 5.99. The number of aliphatic hydroxyl groups excluding tert-OH is 1. The second-order valence-electron chi connectivity index (χ2n) is 6.57. The number of aliphatic hydroxyl groups is 1. The van der Waals surface area contributed by atoms with E-state index < -0.39 is 29.7 Å². The summed E-state index contributed by atoms with van der Waals surface area (Å²) in [5, 5.41) is 10.6. The highest BCUT2D eigenvalue weighted by molar-refractivity contribution is 6.31. The molecule has 2 aromatic rings. The molecule has 9 heteroatoms. The molecule has 150 valence electrons. The van der Waals surface area contributed by atoms with Gasteiger partial charge in [0, 0.05) is 30.3 Å². The highest BCUT2D eigenvalue weighted by atomic mass is 35.5. The van der Waals surface area contributed by atoms with E-state index in [-0.39, 0.29) is 30.3 Å². The van der Waals surface area contributed by atoms with Gasteiger partial charge in [-0.2, -0.15) is 13.2 Å². The number of piperazine rings is 1. The maximum absolute atomic E-state index is 13.2. The first kappa shape index (κ1) is 20.6. The molecule has 0 saturated carbocycles. The third-order valence-corrected chi connectivity index (χ3v) is 5.01. The molecule has 1 unspecified atom stereocenters. The normalized spacial score (nSPS) is 18.6. The highest BCUT2D eigenvalue weighted by Crippen LogP contribution is 2.34. The molecular weight excluding hydrogens is 400 g/mol. The van der Waals surface area contributed by atoms with Crippen LogP contribution >= 0.6 is 11.6 Å². The van der Waals surface area contributed by atoms with E-state index in [1.807, 2.05) is 0 Å². The van der Waals surface area contributed by atoms with E-state index in [2.05, 4.69) is 0 Å². The Kier molecular flexibility index (Phi) is 5.65. The molecule has 2 aromatic carbocycles. The maximum Gasteiger partial charge on any atom is 0.416 e. The van der Waals surface area contributed by atoms with Crippen molar-refractivity contribution < 1.29 is 27.5 Å². The molecular formula is C19H17ClF4N2O2. The number of benzene rings is 2. The van der Waals surface area contributed by atoms with E-state index in [4.69, 9.17) is 11.6 Å². The summed E-state index contributed by atoms with van der Waals surface area (Å²) in [7, 11) is 0. The number of hydrogen-bond donors (Lipinski definition) is 1. The lowest BCUT2D eigenvalue weighted by atomic mass is 10.1. The van der Waals surface area contributed by atoms with Crippen molar-refractivity contribution in [3.8, 4) is 0 Å². The Morgan fingerprint density at radius 2 is 1.89 bits per heavy atom. The van der Waals surface area contributed by atoms with Gasteiger partial charge in [-0.3, -0.25) is 9.69 Å². The number of nitrogens with zero attached hydrogens (tertiary/aromatic N) is 2. The second kappa shape index (κ2) is 7.69. The number of carbonyl (C=O) groups excluding carboxylic acids is 1. The van der Waals surface area contributed by atoms with Gasteiger partial charge in [0.05, 0.1) is 5.56 Å². The number of alkyl halides is 3. The number of hydrogen-bond acceptors (Lipinski definition) is 3. The summed E-state index contributed by atoms with van der Waals surface area (Å²) in [6.07, 6.45) is -6.09. The summed E-state index contributed by atoms with van der Waals surface area (Å²) in [5.41, 5.74) is 0.261. The molecule has 0 spiro atoms. The predicted octanol–water partition coefficient (Wildman–Crippen LogP) is 3.97. The Balaban J connectivity index is 1.81. The van der Waals surface area contributed by atoms with Gasteiger partial charge in [0.2, 0.25) is 0 Å². The summed E-state index contributed by atoms with van der Waals surface area (Å²) in [6, 6.07) is 6.96. The lowest BCUT2D eigenvalue weighted by Crippen LogP contribution is -2.57. The third-order valence-electron chi connectivity index (χ3n) is 4.66. The van der Waals surface area contributed by atoms with Crippen LogP contribution in [0.15, 0.2) is 36.4 Å². The standard InChI is InChI=1S/C19H17ClF4N2O2/c1-11-2-4-13(19(22,23)24)8-16(11)26-7-6-25(17(27)18(26)28)10-12-3-5-14(21)9-15(12)20/h2-5,8-9,17,27H,6-7,10H2,1H3.